The van der Waals surface area contributed by atoms with Gasteiger partial charge in [0.05, 0.1) is 7.85 Å². The highest BCUT2D eigenvalue weighted by molar-refractivity contribution is 6.12. The van der Waals surface area contributed by atoms with Crippen LogP contribution in [-0.4, -0.2) is 7.85 Å². The molecule has 0 amide bonds. The number of benzene rings is 1. The Morgan fingerprint density at radius 1 is 1.07 bits per heavy atom. The Kier molecular flexibility index (Phi) is 2.67. The predicted octanol–water partition coefficient (Wildman–Crippen LogP) is 2.87. The number of hydrogen-bond donors (Lipinski definition) is 0. The zero-order valence-corrected chi connectivity index (χ0v) is 9.14. The summed E-state index contributed by atoms with van der Waals surface area (Å²) >= 11 is 0. The number of hydrogen-bond acceptors (Lipinski definition) is 0. The van der Waals surface area contributed by atoms with Crippen LogP contribution in [0.3, 0.4) is 0 Å². The van der Waals surface area contributed by atoms with Gasteiger partial charge in [-0.25, -0.2) is 0 Å². The summed E-state index contributed by atoms with van der Waals surface area (Å²) in [4.78, 5) is 0. The highest BCUT2D eigenvalue weighted by Gasteiger charge is 2.18. The maximum Gasteiger partial charge on any atom is 0.0708 e. The molecule has 0 unspecified atom stereocenters. The predicted molar refractivity (Wildman–Crippen MR) is 62.1 cm³/mol. The van der Waals surface area contributed by atoms with Crippen LogP contribution < -0.4 is 0 Å². The third-order valence-electron chi connectivity index (χ3n) is 3.25. The van der Waals surface area contributed by atoms with Gasteiger partial charge >= 0.3 is 0 Å². The first-order valence-electron chi connectivity index (χ1n) is 5.63. The molecule has 1 aromatic carbocycles. The van der Waals surface area contributed by atoms with E-state index in [1.54, 1.807) is 0 Å². The van der Waals surface area contributed by atoms with E-state index < -0.39 is 0 Å². The second-order valence-electron chi connectivity index (χ2n) is 4.27. The van der Waals surface area contributed by atoms with E-state index in [0.717, 1.165) is 25.7 Å². The lowest BCUT2D eigenvalue weighted by Crippen LogP contribution is -1.94. The minimum atomic E-state index is 0.363. The molecule has 1 aliphatic rings. The van der Waals surface area contributed by atoms with Gasteiger partial charge in [-0.05, 0) is 47.9 Å². The maximum atomic E-state index is 5.97. The average molecular weight is 184 g/mol. The molecular formula is C13H17B. The maximum absolute atomic E-state index is 5.97. The van der Waals surface area contributed by atoms with Gasteiger partial charge in [-0.15, -0.1) is 0 Å². The van der Waals surface area contributed by atoms with Gasteiger partial charge in [-0.3, -0.25) is 0 Å². The van der Waals surface area contributed by atoms with E-state index in [0.29, 0.717) is 5.82 Å². The topological polar surface area (TPSA) is 0 Å². The lowest BCUT2D eigenvalue weighted by Gasteiger charge is -2.09. The molecule has 0 bridgehead atoms. The van der Waals surface area contributed by atoms with Crippen LogP contribution in [-0.2, 0) is 25.7 Å². The molecular weight excluding hydrogens is 167 g/mol. The lowest BCUT2D eigenvalue weighted by molar-refractivity contribution is 0.904. The average Bonchev–Trinajstić information content (AvgIpc) is 2.54. The summed E-state index contributed by atoms with van der Waals surface area (Å²) in [6, 6.07) is 4.75. The van der Waals surface area contributed by atoms with Crippen LogP contribution >= 0.6 is 0 Å². The Labute approximate surface area is 88.1 Å². The fraction of sp³-hybridized carbons (Fsp3) is 0.538. The van der Waals surface area contributed by atoms with E-state index in [2.05, 4.69) is 26.0 Å². The number of rotatable bonds is 2. The molecule has 0 saturated heterocycles. The molecule has 14 heavy (non-hydrogen) atoms. The summed E-state index contributed by atoms with van der Waals surface area (Å²) in [5.74, 6) is 0.363. The molecule has 1 heteroatoms. The monoisotopic (exact) mass is 184 g/mol. The second-order valence-corrected chi connectivity index (χ2v) is 4.27. The highest BCUT2D eigenvalue weighted by Crippen LogP contribution is 2.31. The molecule has 2 rings (SSSR count). The lowest BCUT2D eigenvalue weighted by atomic mass is 9.85. The quantitative estimate of drug-likeness (QED) is 0.620. The zero-order valence-electron chi connectivity index (χ0n) is 9.14. The molecule has 72 valence electrons. The molecule has 1 aromatic rings. The van der Waals surface area contributed by atoms with Crippen LogP contribution in [0.5, 0.6) is 0 Å². The Morgan fingerprint density at radius 3 is 1.86 bits per heavy atom. The van der Waals surface area contributed by atoms with Gasteiger partial charge in [0, 0.05) is 0 Å². The molecule has 0 fully saturated rings. The van der Waals surface area contributed by atoms with Crippen LogP contribution in [0, 0.1) is 0 Å². The summed E-state index contributed by atoms with van der Waals surface area (Å²) in [7, 11) is 5.97. The van der Waals surface area contributed by atoms with Gasteiger partial charge in [0.1, 0.15) is 0 Å². The summed E-state index contributed by atoms with van der Waals surface area (Å²) in [5.41, 5.74) is 6.01. The molecule has 2 radical (unpaired) electrons. The summed E-state index contributed by atoms with van der Waals surface area (Å²) < 4.78 is 0. The largest absolute Gasteiger partial charge is 0.0708 e. The molecule has 0 aliphatic heterocycles. The molecule has 0 saturated carbocycles. The van der Waals surface area contributed by atoms with Gasteiger partial charge in [-0.2, -0.15) is 0 Å². The minimum Gasteiger partial charge on any atom is -0.0694 e. The third-order valence-corrected chi connectivity index (χ3v) is 3.25. The third kappa shape index (κ3) is 1.60. The number of fused-ring (bicyclic) bond motifs is 1. The molecule has 0 N–H and O–H groups in total. The Bertz CT molecular complexity index is 308. The smallest absolute Gasteiger partial charge is 0.0694 e. The molecule has 0 atom stereocenters. The Balaban J connectivity index is 2.43. The van der Waals surface area contributed by atoms with E-state index in [9.17, 15) is 0 Å². The molecule has 1 aliphatic carbocycles. The van der Waals surface area contributed by atoms with Gasteiger partial charge in [-0.1, -0.05) is 31.8 Å². The van der Waals surface area contributed by atoms with E-state index in [1.807, 2.05) is 0 Å². The van der Waals surface area contributed by atoms with E-state index in [4.69, 9.17) is 7.85 Å². The minimum absolute atomic E-state index is 0.363. The van der Waals surface area contributed by atoms with Crippen molar-refractivity contribution in [2.75, 3.05) is 0 Å². The van der Waals surface area contributed by atoms with Crippen LogP contribution in [0.4, 0.5) is 0 Å². The zero-order chi connectivity index (χ0) is 10.1. The Hall–Kier alpha value is -0.715. The van der Waals surface area contributed by atoms with Crippen molar-refractivity contribution in [2.45, 2.75) is 45.3 Å². The highest BCUT2D eigenvalue weighted by atomic mass is 14.2. The first-order chi connectivity index (χ1) is 6.74. The van der Waals surface area contributed by atoms with Crippen molar-refractivity contribution in [3.05, 3.63) is 34.4 Å². The van der Waals surface area contributed by atoms with Crippen molar-refractivity contribution in [3.63, 3.8) is 0 Å². The van der Waals surface area contributed by atoms with Crippen molar-refractivity contribution in [3.8, 4) is 0 Å². The second kappa shape index (κ2) is 3.80. The SMILES string of the molecule is [B]C1Cc2cc(CC)c(CC)cc2C1. The Morgan fingerprint density at radius 2 is 1.50 bits per heavy atom. The van der Waals surface area contributed by atoms with Crippen molar-refractivity contribution >= 4 is 7.85 Å². The fourth-order valence-electron chi connectivity index (χ4n) is 2.47. The van der Waals surface area contributed by atoms with Crippen LogP contribution in [0.2, 0.25) is 5.82 Å². The van der Waals surface area contributed by atoms with Crippen LogP contribution in [0.1, 0.15) is 36.1 Å². The summed E-state index contributed by atoms with van der Waals surface area (Å²) in [6.45, 7) is 4.46. The van der Waals surface area contributed by atoms with E-state index in [1.165, 1.54) is 22.3 Å². The normalized spacial score (nSPS) is 15.9. The number of aryl methyl sites for hydroxylation is 2. The van der Waals surface area contributed by atoms with Gasteiger partial charge in [0.2, 0.25) is 0 Å². The van der Waals surface area contributed by atoms with Crippen LogP contribution in [0.15, 0.2) is 12.1 Å². The molecule has 0 heterocycles. The van der Waals surface area contributed by atoms with Gasteiger partial charge in [0.15, 0.2) is 0 Å². The standard InChI is InChI=1S/C13H17B/c1-3-9-5-11-7-13(14)8-12(11)6-10(9)4-2/h5-6,13H,3-4,7-8H2,1-2H3. The van der Waals surface area contributed by atoms with E-state index in [-0.39, 0.29) is 0 Å². The molecule has 0 spiro atoms. The molecule has 0 nitrogen and oxygen atoms in total. The first kappa shape index (κ1) is 9.83. The van der Waals surface area contributed by atoms with Crippen molar-refractivity contribution in [1.29, 1.82) is 0 Å². The van der Waals surface area contributed by atoms with Crippen LogP contribution in [0.25, 0.3) is 0 Å². The van der Waals surface area contributed by atoms with E-state index >= 15 is 0 Å². The summed E-state index contributed by atoms with van der Waals surface area (Å²) in [6.07, 6.45) is 4.44. The molecule has 0 aromatic heterocycles. The van der Waals surface area contributed by atoms with Crippen molar-refractivity contribution in [1.82, 2.24) is 0 Å². The summed E-state index contributed by atoms with van der Waals surface area (Å²) in [5, 5.41) is 0. The fourth-order valence-corrected chi connectivity index (χ4v) is 2.47. The first-order valence-corrected chi connectivity index (χ1v) is 5.63. The van der Waals surface area contributed by atoms with Gasteiger partial charge in [0.25, 0.3) is 0 Å². The van der Waals surface area contributed by atoms with Crippen molar-refractivity contribution < 1.29 is 0 Å². The van der Waals surface area contributed by atoms with Crippen molar-refractivity contribution in [2.24, 2.45) is 0 Å². The van der Waals surface area contributed by atoms with Gasteiger partial charge < -0.3 is 0 Å².